The first-order valence-corrected chi connectivity index (χ1v) is 8.98. The number of nitrogens with one attached hydrogen (secondary N) is 1. The van der Waals surface area contributed by atoms with Gasteiger partial charge in [0.05, 0.1) is 25.3 Å². The molecular weight excluding hydrogens is 382 g/mol. The molecule has 154 valence electrons. The number of azide groups is 1. The summed E-state index contributed by atoms with van der Waals surface area (Å²) in [4.78, 5) is 32.2. The molecule has 13 nitrogen and oxygen atoms in total. The number of H-pyrrole nitrogens is 1. The molecule has 0 spiro atoms. The number of ether oxygens (including phenoxy) is 3. The van der Waals surface area contributed by atoms with Crippen molar-refractivity contribution in [2.75, 3.05) is 20.6 Å². The fourth-order valence-electron chi connectivity index (χ4n) is 3.48. The van der Waals surface area contributed by atoms with Gasteiger partial charge in [-0.2, -0.15) is 4.98 Å². The average Bonchev–Trinajstić information content (AvgIpc) is 3.29. The minimum Gasteiger partial charge on any atom is -0.369 e. The molecule has 4 atom stereocenters. The molecule has 0 aromatic carbocycles. The predicted molar refractivity (Wildman–Crippen MR) is 102 cm³/mol. The van der Waals surface area contributed by atoms with Crippen LogP contribution in [0, 0.1) is 0 Å². The topological polar surface area (TPSA) is 156 Å². The first-order valence-electron chi connectivity index (χ1n) is 8.98. The summed E-state index contributed by atoms with van der Waals surface area (Å²) >= 11 is 0. The van der Waals surface area contributed by atoms with Crippen molar-refractivity contribution in [2.24, 2.45) is 10.1 Å². The van der Waals surface area contributed by atoms with E-state index in [9.17, 15) is 4.79 Å². The summed E-state index contributed by atoms with van der Waals surface area (Å²) in [5.74, 6) is -0.684. The summed E-state index contributed by atoms with van der Waals surface area (Å²) in [6.07, 6.45) is 0.902. The fraction of sp³-hybridized carbons (Fsp3) is 0.625. The van der Waals surface area contributed by atoms with E-state index in [-0.39, 0.29) is 18.0 Å². The Kier molecular flexibility index (Phi) is 4.74. The summed E-state index contributed by atoms with van der Waals surface area (Å²) in [6, 6.07) is 0. The van der Waals surface area contributed by atoms with Crippen molar-refractivity contribution >= 4 is 23.5 Å². The Morgan fingerprint density at radius 2 is 2.17 bits per heavy atom. The second kappa shape index (κ2) is 7.12. The van der Waals surface area contributed by atoms with Crippen molar-refractivity contribution in [1.82, 2.24) is 24.4 Å². The zero-order chi connectivity index (χ0) is 20.8. The number of aliphatic imine (C=N–C) groups is 1. The first kappa shape index (κ1) is 19.3. The molecule has 0 saturated carbocycles. The second-order valence-electron chi connectivity index (χ2n) is 7.47. The van der Waals surface area contributed by atoms with Gasteiger partial charge in [0.25, 0.3) is 5.56 Å². The monoisotopic (exact) mass is 403 g/mol. The lowest BCUT2D eigenvalue weighted by molar-refractivity contribution is -0.195. The Balaban J connectivity index is 1.75. The molecule has 2 aliphatic heterocycles. The molecule has 29 heavy (non-hydrogen) atoms. The van der Waals surface area contributed by atoms with Crippen molar-refractivity contribution in [3.8, 4) is 0 Å². The third kappa shape index (κ3) is 3.56. The standard InChI is InChI=1S/C16H21N9O4/c1-16(2)28-10-8(5-20-23-17)27-14(11(10)29-16)25-7-18-9-12(25)21-15(22-13(9)26)19-6-24(3)4/h6-8,10-11,14H,5H2,1-4H3,(H,21,22,26)/b19-6+/t8-,10?,11?,14-/m1/s1. The number of fused-ring (bicyclic) bond motifs is 2. The van der Waals surface area contributed by atoms with Gasteiger partial charge in [-0.3, -0.25) is 14.3 Å². The number of hydrogen-bond acceptors (Lipinski definition) is 8. The Morgan fingerprint density at radius 3 is 2.90 bits per heavy atom. The third-order valence-electron chi connectivity index (χ3n) is 4.56. The van der Waals surface area contributed by atoms with Crippen molar-refractivity contribution in [2.45, 2.75) is 44.2 Å². The van der Waals surface area contributed by atoms with Crippen LogP contribution in [0.25, 0.3) is 21.6 Å². The Bertz CT molecular complexity index is 1050. The summed E-state index contributed by atoms with van der Waals surface area (Å²) in [5, 5.41) is 3.61. The van der Waals surface area contributed by atoms with Crippen LogP contribution in [0.5, 0.6) is 0 Å². The maximum atomic E-state index is 12.4. The molecule has 2 saturated heterocycles. The smallest absolute Gasteiger partial charge is 0.280 e. The fourth-order valence-corrected chi connectivity index (χ4v) is 3.48. The molecule has 2 unspecified atom stereocenters. The van der Waals surface area contributed by atoms with Gasteiger partial charge in [-0.25, -0.2) is 9.98 Å². The molecule has 0 amide bonds. The van der Waals surface area contributed by atoms with Crippen LogP contribution in [-0.4, -0.2) is 75.5 Å². The van der Waals surface area contributed by atoms with Gasteiger partial charge in [0.2, 0.25) is 5.95 Å². The number of aromatic amines is 1. The van der Waals surface area contributed by atoms with Gasteiger partial charge in [0.1, 0.15) is 12.2 Å². The van der Waals surface area contributed by atoms with Crippen molar-refractivity contribution in [1.29, 1.82) is 0 Å². The normalized spacial score (nSPS) is 28.0. The predicted octanol–water partition coefficient (Wildman–Crippen LogP) is 1.07. The van der Waals surface area contributed by atoms with E-state index in [4.69, 9.17) is 19.7 Å². The molecule has 2 aliphatic rings. The van der Waals surface area contributed by atoms with Gasteiger partial charge in [-0.15, -0.1) is 0 Å². The number of rotatable bonds is 5. The second-order valence-corrected chi connectivity index (χ2v) is 7.47. The van der Waals surface area contributed by atoms with Gasteiger partial charge in [-0.1, -0.05) is 5.11 Å². The molecular formula is C16H21N9O4. The zero-order valence-corrected chi connectivity index (χ0v) is 16.4. The van der Waals surface area contributed by atoms with Gasteiger partial charge in [0.15, 0.2) is 23.2 Å². The number of nitrogens with zero attached hydrogens (tertiary/aromatic N) is 8. The van der Waals surface area contributed by atoms with E-state index in [1.807, 2.05) is 0 Å². The van der Waals surface area contributed by atoms with Crippen LogP contribution in [-0.2, 0) is 14.2 Å². The highest BCUT2D eigenvalue weighted by molar-refractivity contribution is 5.71. The Hall–Kier alpha value is -2.99. The highest BCUT2D eigenvalue weighted by Gasteiger charge is 2.55. The van der Waals surface area contributed by atoms with Gasteiger partial charge in [-0.05, 0) is 19.4 Å². The maximum Gasteiger partial charge on any atom is 0.280 e. The minimum absolute atomic E-state index is 0.0899. The number of hydrogen-bond donors (Lipinski definition) is 1. The lowest BCUT2D eigenvalue weighted by Crippen LogP contribution is -2.31. The van der Waals surface area contributed by atoms with E-state index >= 15 is 0 Å². The average molecular weight is 403 g/mol. The van der Waals surface area contributed by atoms with E-state index in [1.54, 1.807) is 37.4 Å². The summed E-state index contributed by atoms with van der Waals surface area (Å²) in [7, 11) is 3.61. The van der Waals surface area contributed by atoms with Gasteiger partial charge < -0.3 is 19.1 Å². The lowest BCUT2D eigenvalue weighted by Gasteiger charge is -2.24. The molecule has 1 N–H and O–H groups in total. The van der Waals surface area contributed by atoms with E-state index in [0.29, 0.717) is 5.65 Å². The Morgan fingerprint density at radius 1 is 1.41 bits per heavy atom. The highest BCUT2D eigenvalue weighted by atomic mass is 16.8. The maximum absolute atomic E-state index is 12.4. The SMILES string of the molecule is CN(C)/C=N/c1nc2c(ncn2[C@@H]2O[C@H](CN=[N+]=[N-])C3OC(C)(C)OC32)c(=O)[nH]1. The molecule has 4 rings (SSSR count). The molecule has 0 aliphatic carbocycles. The van der Waals surface area contributed by atoms with Crippen LogP contribution in [0.2, 0.25) is 0 Å². The number of imidazole rings is 1. The third-order valence-corrected chi connectivity index (χ3v) is 4.56. The van der Waals surface area contributed by atoms with Crippen LogP contribution in [0.3, 0.4) is 0 Å². The van der Waals surface area contributed by atoms with Gasteiger partial charge >= 0.3 is 0 Å². The number of aromatic nitrogens is 4. The molecule has 13 heteroatoms. The minimum atomic E-state index is -0.825. The van der Waals surface area contributed by atoms with Crippen molar-refractivity contribution in [3.63, 3.8) is 0 Å². The Labute approximate surface area is 164 Å². The highest BCUT2D eigenvalue weighted by Crippen LogP contribution is 2.43. The summed E-state index contributed by atoms with van der Waals surface area (Å²) in [6.45, 7) is 3.69. The molecule has 4 heterocycles. The van der Waals surface area contributed by atoms with Gasteiger partial charge in [0, 0.05) is 19.0 Å². The van der Waals surface area contributed by atoms with Crippen LogP contribution in [0.1, 0.15) is 20.1 Å². The quantitative estimate of drug-likeness (QED) is 0.257. The van der Waals surface area contributed by atoms with E-state index < -0.39 is 35.9 Å². The van der Waals surface area contributed by atoms with Crippen LogP contribution in [0.15, 0.2) is 21.2 Å². The molecule has 2 aromatic rings. The lowest BCUT2D eigenvalue weighted by atomic mass is 10.1. The van der Waals surface area contributed by atoms with Crippen LogP contribution in [0.4, 0.5) is 5.95 Å². The van der Waals surface area contributed by atoms with E-state index in [0.717, 1.165) is 0 Å². The molecule has 2 fully saturated rings. The molecule has 2 aromatic heterocycles. The molecule has 0 bridgehead atoms. The summed E-state index contributed by atoms with van der Waals surface area (Å²) < 4.78 is 19.7. The van der Waals surface area contributed by atoms with Crippen LogP contribution >= 0.6 is 0 Å². The molecule has 0 radical (unpaired) electrons. The zero-order valence-electron chi connectivity index (χ0n) is 16.4. The van der Waals surface area contributed by atoms with Crippen LogP contribution < -0.4 is 5.56 Å². The van der Waals surface area contributed by atoms with Crippen molar-refractivity contribution < 1.29 is 14.2 Å². The van der Waals surface area contributed by atoms with E-state index in [2.05, 4.69) is 30.0 Å². The largest absolute Gasteiger partial charge is 0.369 e. The van der Waals surface area contributed by atoms with E-state index in [1.165, 1.54) is 12.7 Å². The first-order chi connectivity index (χ1) is 13.8. The van der Waals surface area contributed by atoms with Crippen molar-refractivity contribution in [3.05, 3.63) is 27.1 Å². The summed E-state index contributed by atoms with van der Waals surface area (Å²) in [5.41, 5.74) is 8.71.